The van der Waals surface area contributed by atoms with Gasteiger partial charge in [-0.2, -0.15) is 0 Å². The van der Waals surface area contributed by atoms with E-state index in [1.165, 1.54) is 0 Å². The summed E-state index contributed by atoms with van der Waals surface area (Å²) in [4.78, 5) is 38.3. The molecule has 0 atom stereocenters. The molecule has 214 valence electrons. The molecule has 5 rings (SSSR count). The fourth-order valence-electron chi connectivity index (χ4n) is 4.73. The van der Waals surface area contributed by atoms with Crippen LogP contribution in [-0.4, -0.2) is 60.4 Å². The van der Waals surface area contributed by atoms with Crippen LogP contribution in [0.4, 0.5) is 23.0 Å². The monoisotopic (exact) mass is 561 g/mol. The normalized spacial score (nSPS) is 13.5. The molecule has 1 aromatic heterocycles. The van der Waals surface area contributed by atoms with Crippen LogP contribution in [0.1, 0.15) is 25.0 Å². The first kappa shape index (κ1) is 28.5. The molecular formula is C33H35N7O2. The maximum Gasteiger partial charge on any atom is 0.258 e. The van der Waals surface area contributed by atoms with Crippen LogP contribution in [0.25, 0.3) is 22.4 Å². The number of anilines is 4. The third kappa shape index (κ3) is 6.31. The fourth-order valence-corrected chi connectivity index (χ4v) is 4.73. The minimum atomic E-state index is -0.188. The van der Waals surface area contributed by atoms with E-state index in [-0.39, 0.29) is 17.9 Å². The van der Waals surface area contributed by atoms with Gasteiger partial charge >= 0.3 is 0 Å². The molecule has 1 aliphatic heterocycles. The smallest absolute Gasteiger partial charge is 0.258 e. The SMILES string of the molecule is CC(C)Nc1ncc(-c2ccc3c(c2)NC(=O)/C3=C(\Nc2ccc(N(C)C(=O)CN(C)C)cc2)c2ccccc2)cn1. The third-order valence-electron chi connectivity index (χ3n) is 6.83. The highest BCUT2D eigenvalue weighted by molar-refractivity contribution is 6.37. The van der Waals surface area contributed by atoms with E-state index in [4.69, 9.17) is 0 Å². The number of benzene rings is 3. The number of hydrogen-bond acceptors (Lipinski definition) is 7. The van der Waals surface area contributed by atoms with Gasteiger partial charge in [0.15, 0.2) is 0 Å². The molecule has 2 heterocycles. The van der Waals surface area contributed by atoms with E-state index in [2.05, 4.69) is 25.9 Å². The molecule has 0 fully saturated rings. The van der Waals surface area contributed by atoms with Crippen molar-refractivity contribution in [3.63, 3.8) is 0 Å². The van der Waals surface area contributed by atoms with Crippen molar-refractivity contribution in [3.8, 4) is 11.1 Å². The second kappa shape index (κ2) is 12.2. The molecule has 9 nitrogen and oxygen atoms in total. The number of rotatable bonds is 9. The van der Waals surface area contributed by atoms with Crippen LogP contribution in [0.3, 0.4) is 0 Å². The molecule has 0 unspecified atom stereocenters. The molecule has 0 bridgehead atoms. The molecule has 0 aliphatic carbocycles. The Morgan fingerprint density at radius 1 is 0.905 bits per heavy atom. The van der Waals surface area contributed by atoms with Gasteiger partial charge < -0.3 is 25.8 Å². The number of aromatic nitrogens is 2. The van der Waals surface area contributed by atoms with Gasteiger partial charge in [-0.3, -0.25) is 9.59 Å². The van der Waals surface area contributed by atoms with Crippen LogP contribution in [-0.2, 0) is 9.59 Å². The molecule has 3 N–H and O–H groups in total. The van der Waals surface area contributed by atoms with Crippen LogP contribution in [0.2, 0.25) is 0 Å². The summed E-state index contributed by atoms with van der Waals surface area (Å²) in [7, 11) is 5.50. The van der Waals surface area contributed by atoms with E-state index in [0.29, 0.717) is 23.8 Å². The first-order chi connectivity index (χ1) is 20.2. The third-order valence-corrected chi connectivity index (χ3v) is 6.83. The molecule has 2 amide bonds. The molecule has 0 saturated carbocycles. The average Bonchev–Trinajstić information content (AvgIpc) is 3.30. The number of likely N-dealkylation sites (N-methyl/N-ethyl adjacent to an activating group) is 2. The van der Waals surface area contributed by atoms with Crippen LogP contribution < -0.4 is 20.9 Å². The van der Waals surface area contributed by atoms with Crippen molar-refractivity contribution in [1.29, 1.82) is 0 Å². The van der Waals surface area contributed by atoms with E-state index in [0.717, 1.165) is 39.3 Å². The number of hydrogen-bond donors (Lipinski definition) is 3. The summed E-state index contributed by atoms with van der Waals surface area (Å²) in [6.07, 6.45) is 3.55. The Kier molecular flexibility index (Phi) is 8.31. The topological polar surface area (TPSA) is 102 Å². The molecule has 4 aromatic rings. The van der Waals surface area contributed by atoms with Gasteiger partial charge in [-0.05, 0) is 69.4 Å². The van der Waals surface area contributed by atoms with Crippen molar-refractivity contribution in [1.82, 2.24) is 14.9 Å². The highest BCUT2D eigenvalue weighted by atomic mass is 16.2. The molecule has 0 radical (unpaired) electrons. The van der Waals surface area contributed by atoms with Crippen molar-refractivity contribution in [2.24, 2.45) is 0 Å². The molecule has 0 spiro atoms. The summed E-state index contributed by atoms with van der Waals surface area (Å²) in [5.74, 6) is 0.389. The second-order valence-electron chi connectivity index (χ2n) is 10.8. The predicted octanol–water partition coefficient (Wildman–Crippen LogP) is 5.42. The van der Waals surface area contributed by atoms with Crippen LogP contribution >= 0.6 is 0 Å². The van der Waals surface area contributed by atoms with Crippen molar-refractivity contribution in [3.05, 3.63) is 96.3 Å². The lowest BCUT2D eigenvalue weighted by Crippen LogP contribution is -2.34. The summed E-state index contributed by atoms with van der Waals surface area (Å²) in [5.41, 5.74) is 7.00. The van der Waals surface area contributed by atoms with Gasteiger partial charge in [0.05, 0.1) is 17.8 Å². The summed E-state index contributed by atoms with van der Waals surface area (Å²) >= 11 is 0. The van der Waals surface area contributed by atoms with E-state index < -0.39 is 0 Å². The van der Waals surface area contributed by atoms with Gasteiger partial charge in [-0.15, -0.1) is 0 Å². The number of carbonyl (C=O) groups excluding carboxylic acids is 2. The Morgan fingerprint density at radius 2 is 1.60 bits per heavy atom. The van der Waals surface area contributed by atoms with Crippen LogP contribution in [0, 0.1) is 0 Å². The summed E-state index contributed by atoms with van der Waals surface area (Å²) < 4.78 is 0. The number of fused-ring (bicyclic) bond motifs is 1. The van der Waals surface area contributed by atoms with E-state index in [1.54, 1.807) is 24.3 Å². The predicted molar refractivity (Wildman–Crippen MR) is 170 cm³/mol. The summed E-state index contributed by atoms with van der Waals surface area (Å²) in [6, 6.07) is 23.5. The molecular weight excluding hydrogens is 526 g/mol. The maximum atomic E-state index is 13.4. The number of nitrogens with one attached hydrogen (secondary N) is 3. The maximum absolute atomic E-state index is 13.4. The highest BCUT2D eigenvalue weighted by Gasteiger charge is 2.29. The molecule has 42 heavy (non-hydrogen) atoms. The Labute approximate surface area is 246 Å². The lowest BCUT2D eigenvalue weighted by molar-refractivity contribution is -0.119. The van der Waals surface area contributed by atoms with Crippen molar-refractivity contribution >= 4 is 46.1 Å². The Morgan fingerprint density at radius 3 is 2.24 bits per heavy atom. The zero-order chi connectivity index (χ0) is 29.8. The number of carbonyl (C=O) groups is 2. The zero-order valence-corrected chi connectivity index (χ0v) is 24.5. The van der Waals surface area contributed by atoms with Crippen molar-refractivity contribution < 1.29 is 9.59 Å². The lowest BCUT2D eigenvalue weighted by atomic mass is 9.98. The Balaban J connectivity index is 1.47. The Bertz CT molecular complexity index is 1610. The second-order valence-corrected chi connectivity index (χ2v) is 10.8. The van der Waals surface area contributed by atoms with Gasteiger partial charge in [0.25, 0.3) is 5.91 Å². The van der Waals surface area contributed by atoms with Crippen molar-refractivity contribution in [2.45, 2.75) is 19.9 Å². The molecule has 1 aliphatic rings. The molecule has 9 heteroatoms. The zero-order valence-electron chi connectivity index (χ0n) is 24.5. The minimum absolute atomic E-state index is 0.00105. The van der Waals surface area contributed by atoms with E-state index in [9.17, 15) is 9.59 Å². The minimum Gasteiger partial charge on any atom is -0.354 e. The number of nitrogens with zero attached hydrogens (tertiary/aromatic N) is 4. The first-order valence-electron chi connectivity index (χ1n) is 13.8. The van der Waals surface area contributed by atoms with E-state index in [1.807, 2.05) is 106 Å². The average molecular weight is 562 g/mol. The van der Waals surface area contributed by atoms with Gasteiger partial charge in [0.1, 0.15) is 0 Å². The Hall–Kier alpha value is -5.02. The largest absolute Gasteiger partial charge is 0.354 e. The summed E-state index contributed by atoms with van der Waals surface area (Å²) in [6.45, 7) is 4.39. The van der Waals surface area contributed by atoms with Gasteiger partial charge in [-0.25, -0.2) is 9.97 Å². The van der Waals surface area contributed by atoms with Crippen molar-refractivity contribution in [2.75, 3.05) is 48.5 Å². The van der Waals surface area contributed by atoms with Gasteiger partial charge in [0, 0.05) is 53.7 Å². The molecule has 0 saturated heterocycles. The van der Waals surface area contributed by atoms with Gasteiger partial charge in [-0.1, -0.05) is 42.5 Å². The standard InChI is InChI=1S/C33H35N7O2/c1-21(2)36-33-34-18-24(19-35-33)23-11-16-27-28(17-23)38-32(42)30(27)31(22-9-7-6-8-10-22)37-25-12-14-26(15-13-25)40(5)29(41)20-39(3)4/h6-19,21,37H,20H2,1-5H3,(H,38,42)(H,34,35,36)/b31-30-. The molecule has 3 aromatic carbocycles. The van der Waals surface area contributed by atoms with Crippen LogP contribution in [0.15, 0.2) is 85.2 Å². The quantitative estimate of drug-likeness (QED) is 0.235. The fraction of sp³-hybridized carbons (Fsp3) is 0.212. The highest BCUT2D eigenvalue weighted by Crippen LogP contribution is 2.39. The van der Waals surface area contributed by atoms with Gasteiger partial charge in [0.2, 0.25) is 11.9 Å². The summed E-state index contributed by atoms with van der Waals surface area (Å²) in [5, 5.41) is 9.72. The lowest BCUT2D eigenvalue weighted by Gasteiger charge is -2.20. The first-order valence-corrected chi connectivity index (χ1v) is 13.8. The van der Waals surface area contributed by atoms with Crippen LogP contribution in [0.5, 0.6) is 0 Å². The number of amides is 2. The van der Waals surface area contributed by atoms with E-state index >= 15 is 0 Å².